The molecule has 0 radical (unpaired) electrons. The molecule has 2 rings (SSSR count). The van der Waals surface area contributed by atoms with Gasteiger partial charge in [0, 0.05) is 31.1 Å². The van der Waals surface area contributed by atoms with Crippen LogP contribution in [0.2, 0.25) is 0 Å². The average molecular weight is 284 g/mol. The smallest absolute Gasteiger partial charge is 0.352 e. The van der Waals surface area contributed by atoms with E-state index in [-0.39, 0.29) is 17.1 Å². The Labute approximate surface area is 108 Å². The molecule has 2 heterocycles. The number of aromatic carboxylic acids is 1. The van der Waals surface area contributed by atoms with Crippen LogP contribution >= 0.6 is 0 Å². The third-order valence-electron chi connectivity index (χ3n) is 2.44. The maximum atomic E-state index is 11.8. The van der Waals surface area contributed by atoms with Crippen LogP contribution in [0, 0.1) is 0 Å². The lowest BCUT2D eigenvalue weighted by Crippen LogP contribution is -2.25. The van der Waals surface area contributed by atoms with E-state index in [1.807, 2.05) is 0 Å². The number of imidazole rings is 1. The van der Waals surface area contributed by atoms with Crippen LogP contribution in [0.15, 0.2) is 29.7 Å². The summed E-state index contributed by atoms with van der Waals surface area (Å²) in [6.45, 7) is 0.193. The summed E-state index contributed by atoms with van der Waals surface area (Å²) >= 11 is 0. The summed E-state index contributed by atoms with van der Waals surface area (Å²) in [6.07, 6.45) is 4.72. The molecule has 0 atom stereocenters. The molecule has 0 aliphatic heterocycles. The Hall–Kier alpha value is -2.13. The van der Waals surface area contributed by atoms with Gasteiger partial charge in [-0.1, -0.05) is 0 Å². The summed E-state index contributed by atoms with van der Waals surface area (Å²) in [5, 5.41) is 8.71. The van der Waals surface area contributed by atoms with Gasteiger partial charge in [0.05, 0.1) is 6.33 Å². The average Bonchev–Trinajstić information content (AvgIpc) is 2.99. The molecule has 0 aliphatic carbocycles. The minimum absolute atomic E-state index is 0.102. The number of hydrogen-bond donors (Lipinski definition) is 4. The minimum Gasteiger partial charge on any atom is -0.477 e. The van der Waals surface area contributed by atoms with Gasteiger partial charge in [-0.25, -0.2) is 22.9 Å². The highest BCUT2D eigenvalue weighted by Gasteiger charge is 2.17. The number of nitrogens with zero attached hydrogens (tertiary/aromatic N) is 1. The first-order valence-electron chi connectivity index (χ1n) is 5.37. The van der Waals surface area contributed by atoms with Crippen molar-refractivity contribution in [2.75, 3.05) is 6.54 Å². The van der Waals surface area contributed by atoms with Crippen LogP contribution in [-0.2, 0) is 16.4 Å². The fourth-order valence-electron chi connectivity index (χ4n) is 1.48. The van der Waals surface area contributed by atoms with E-state index < -0.39 is 16.0 Å². The number of carbonyl (C=O) groups is 1. The zero-order chi connectivity index (χ0) is 13.9. The van der Waals surface area contributed by atoms with Crippen molar-refractivity contribution in [3.63, 3.8) is 0 Å². The Balaban J connectivity index is 1.99. The number of aromatic amines is 2. The van der Waals surface area contributed by atoms with Crippen molar-refractivity contribution in [2.24, 2.45) is 0 Å². The number of carboxylic acids is 1. The second-order valence-electron chi connectivity index (χ2n) is 3.78. The molecule has 0 aromatic carbocycles. The van der Waals surface area contributed by atoms with E-state index in [0.717, 1.165) is 18.0 Å². The van der Waals surface area contributed by atoms with Gasteiger partial charge >= 0.3 is 5.97 Å². The number of nitrogens with one attached hydrogen (secondary N) is 3. The van der Waals surface area contributed by atoms with E-state index in [4.69, 9.17) is 5.11 Å². The maximum Gasteiger partial charge on any atom is 0.352 e. The Bertz CT molecular complexity index is 660. The SMILES string of the molecule is O=C(O)c1cc(S(=O)(=O)NCCc2cnc[nH]2)c[nH]1. The topological polar surface area (TPSA) is 128 Å². The van der Waals surface area contributed by atoms with Crippen LogP contribution in [0.4, 0.5) is 0 Å². The molecule has 0 spiro atoms. The Morgan fingerprint density at radius 3 is 2.79 bits per heavy atom. The molecule has 2 aromatic heterocycles. The van der Waals surface area contributed by atoms with Crippen LogP contribution < -0.4 is 4.72 Å². The third-order valence-corrected chi connectivity index (χ3v) is 3.88. The first-order valence-corrected chi connectivity index (χ1v) is 6.86. The summed E-state index contributed by atoms with van der Waals surface area (Å²) in [7, 11) is -3.71. The second kappa shape index (κ2) is 5.24. The zero-order valence-electron chi connectivity index (χ0n) is 9.75. The van der Waals surface area contributed by atoms with Crippen LogP contribution in [0.3, 0.4) is 0 Å². The number of aromatic nitrogens is 3. The highest BCUT2D eigenvalue weighted by molar-refractivity contribution is 7.89. The van der Waals surface area contributed by atoms with E-state index in [9.17, 15) is 13.2 Å². The van der Waals surface area contributed by atoms with Gasteiger partial charge in [-0.15, -0.1) is 0 Å². The van der Waals surface area contributed by atoms with Gasteiger partial charge in [-0.05, 0) is 6.07 Å². The number of H-pyrrole nitrogens is 2. The van der Waals surface area contributed by atoms with Crippen LogP contribution in [-0.4, -0.2) is 41.0 Å². The number of hydrogen-bond acceptors (Lipinski definition) is 4. The van der Waals surface area contributed by atoms with Crippen LogP contribution in [0.1, 0.15) is 16.2 Å². The lowest BCUT2D eigenvalue weighted by atomic mass is 10.3. The maximum absolute atomic E-state index is 11.8. The van der Waals surface area contributed by atoms with Crippen molar-refractivity contribution in [2.45, 2.75) is 11.3 Å². The minimum atomic E-state index is -3.71. The molecule has 0 saturated carbocycles. The summed E-state index contributed by atoms with van der Waals surface area (Å²) in [4.78, 5) is 19.6. The molecule has 8 nitrogen and oxygen atoms in total. The van der Waals surface area contributed by atoms with Crippen molar-refractivity contribution in [3.05, 3.63) is 36.2 Å². The summed E-state index contributed by atoms with van der Waals surface area (Å²) in [6, 6.07) is 1.07. The Morgan fingerprint density at radius 1 is 1.42 bits per heavy atom. The third kappa shape index (κ3) is 3.20. The van der Waals surface area contributed by atoms with Crippen molar-refractivity contribution in [3.8, 4) is 0 Å². The first kappa shape index (κ1) is 13.3. The lowest BCUT2D eigenvalue weighted by Gasteiger charge is -2.03. The molecular formula is C10H12N4O4S. The highest BCUT2D eigenvalue weighted by atomic mass is 32.2. The van der Waals surface area contributed by atoms with E-state index >= 15 is 0 Å². The molecule has 2 aromatic rings. The molecule has 0 fully saturated rings. The fourth-order valence-corrected chi connectivity index (χ4v) is 2.50. The summed E-state index contributed by atoms with van der Waals surface area (Å²) in [5.74, 6) is -1.21. The molecule has 0 saturated heterocycles. The molecule has 9 heteroatoms. The quantitative estimate of drug-likeness (QED) is 0.591. The fraction of sp³-hybridized carbons (Fsp3) is 0.200. The highest BCUT2D eigenvalue weighted by Crippen LogP contribution is 2.10. The molecule has 19 heavy (non-hydrogen) atoms. The van der Waals surface area contributed by atoms with Gasteiger partial charge in [0.1, 0.15) is 10.6 Å². The molecule has 102 valence electrons. The van der Waals surface area contributed by atoms with E-state index in [1.165, 1.54) is 6.33 Å². The normalized spacial score (nSPS) is 11.6. The van der Waals surface area contributed by atoms with Gasteiger partial charge in [0.15, 0.2) is 0 Å². The van der Waals surface area contributed by atoms with Gasteiger partial charge in [-0.2, -0.15) is 0 Å². The first-order chi connectivity index (χ1) is 8.99. The molecule has 0 aliphatic rings. The van der Waals surface area contributed by atoms with Crippen molar-refractivity contribution in [1.82, 2.24) is 19.7 Å². The zero-order valence-corrected chi connectivity index (χ0v) is 10.6. The molecular weight excluding hydrogens is 272 g/mol. The molecule has 4 N–H and O–H groups in total. The molecule has 0 unspecified atom stereocenters. The van der Waals surface area contributed by atoms with Crippen molar-refractivity contribution < 1.29 is 18.3 Å². The summed E-state index contributed by atoms with van der Waals surface area (Å²) in [5.41, 5.74) is 0.636. The number of carboxylic acid groups (broad SMARTS) is 1. The van der Waals surface area contributed by atoms with Crippen molar-refractivity contribution in [1.29, 1.82) is 0 Å². The van der Waals surface area contributed by atoms with Gasteiger partial charge < -0.3 is 15.1 Å². The number of sulfonamides is 1. The van der Waals surface area contributed by atoms with Gasteiger partial charge in [0.25, 0.3) is 0 Å². The Morgan fingerprint density at radius 2 is 2.21 bits per heavy atom. The van der Waals surface area contributed by atoms with Gasteiger partial charge in [0.2, 0.25) is 10.0 Å². The van der Waals surface area contributed by atoms with Gasteiger partial charge in [-0.3, -0.25) is 0 Å². The largest absolute Gasteiger partial charge is 0.477 e. The molecule has 0 amide bonds. The summed E-state index contributed by atoms with van der Waals surface area (Å²) < 4.78 is 26.1. The standard InChI is InChI=1S/C10H12N4O4S/c15-10(16)9-3-8(5-12-9)19(17,18)14-2-1-7-4-11-6-13-7/h3-6,12,14H,1-2H2,(H,11,13)(H,15,16). The monoisotopic (exact) mass is 284 g/mol. The predicted octanol–water partition coefficient (Wildman–Crippen LogP) is -0.0430. The number of rotatable bonds is 6. The second-order valence-corrected chi connectivity index (χ2v) is 5.55. The van der Waals surface area contributed by atoms with Crippen molar-refractivity contribution >= 4 is 16.0 Å². The lowest BCUT2D eigenvalue weighted by molar-refractivity contribution is 0.0691. The van der Waals surface area contributed by atoms with E-state index in [2.05, 4.69) is 19.7 Å². The van der Waals surface area contributed by atoms with E-state index in [1.54, 1.807) is 6.20 Å². The molecule has 0 bridgehead atoms. The Kier molecular flexibility index (Phi) is 3.67. The van der Waals surface area contributed by atoms with Crippen LogP contribution in [0.25, 0.3) is 0 Å². The van der Waals surface area contributed by atoms with E-state index in [0.29, 0.717) is 6.42 Å². The predicted molar refractivity (Wildman–Crippen MR) is 65.2 cm³/mol. The van der Waals surface area contributed by atoms with Crippen LogP contribution in [0.5, 0.6) is 0 Å².